The van der Waals surface area contributed by atoms with Crippen molar-refractivity contribution in [3.8, 4) is 0 Å². The van der Waals surface area contributed by atoms with Gasteiger partial charge < -0.3 is 0 Å². The Labute approximate surface area is 65.1 Å². The summed E-state index contributed by atoms with van der Waals surface area (Å²) >= 11 is 1.72. The smallest absolute Gasteiger partial charge is 0.243 e. The molecule has 0 aromatic carbocycles. The van der Waals surface area contributed by atoms with E-state index in [1.165, 1.54) is 0 Å². The first-order chi connectivity index (χ1) is 4.70. The molecule has 1 unspecified atom stereocenters. The largest absolute Gasteiger partial charge is 0.289 e. The maximum atomic E-state index is 10.5. The zero-order valence-corrected chi connectivity index (χ0v) is 7.07. The summed E-state index contributed by atoms with van der Waals surface area (Å²) in [7, 11) is 0. The number of carbonyl (C=O) groups excluding carboxylic acids is 1. The van der Waals surface area contributed by atoms with Gasteiger partial charge in [-0.15, -0.1) is 0 Å². The van der Waals surface area contributed by atoms with E-state index < -0.39 is 0 Å². The topological polar surface area (TPSA) is 49.3 Å². The van der Waals surface area contributed by atoms with Crippen LogP contribution in [0.15, 0.2) is 0 Å². The molecular weight excluding hydrogens is 150 g/mol. The van der Waals surface area contributed by atoms with Crippen molar-refractivity contribution in [2.24, 2.45) is 0 Å². The average Bonchev–Trinajstić information content (AvgIpc) is 1.99. The molecule has 0 aliphatic heterocycles. The van der Waals surface area contributed by atoms with Crippen LogP contribution in [0.3, 0.4) is 0 Å². The molecule has 0 aromatic heterocycles. The predicted octanol–water partition coefficient (Wildman–Crippen LogP) is 1.02. The van der Waals surface area contributed by atoms with Crippen molar-refractivity contribution < 1.29 is 10.0 Å². The predicted molar refractivity (Wildman–Crippen MR) is 42.1 cm³/mol. The van der Waals surface area contributed by atoms with Gasteiger partial charge in [-0.2, -0.15) is 11.8 Å². The van der Waals surface area contributed by atoms with Crippen LogP contribution < -0.4 is 5.48 Å². The summed E-state index contributed by atoms with van der Waals surface area (Å²) in [4.78, 5) is 10.5. The van der Waals surface area contributed by atoms with Gasteiger partial charge in [-0.25, -0.2) is 5.48 Å². The van der Waals surface area contributed by atoms with E-state index in [-0.39, 0.29) is 5.91 Å². The number of thioether (sulfide) groups is 1. The molecule has 1 atom stereocenters. The third kappa shape index (κ3) is 4.64. The minimum absolute atomic E-state index is 0.305. The molecule has 0 saturated heterocycles. The lowest BCUT2D eigenvalue weighted by Gasteiger charge is -2.05. The van der Waals surface area contributed by atoms with E-state index in [0.717, 1.165) is 6.42 Å². The lowest BCUT2D eigenvalue weighted by molar-refractivity contribution is -0.129. The molecule has 0 spiro atoms. The summed E-state index contributed by atoms with van der Waals surface area (Å²) in [6.07, 6.45) is 3.22. The number of rotatable bonds is 4. The van der Waals surface area contributed by atoms with Gasteiger partial charge in [0.25, 0.3) is 0 Å². The highest BCUT2D eigenvalue weighted by Gasteiger charge is 2.03. The quantitative estimate of drug-likeness (QED) is 0.480. The Morgan fingerprint density at radius 2 is 2.40 bits per heavy atom. The third-order valence-corrected chi connectivity index (χ3v) is 2.35. The summed E-state index contributed by atoms with van der Waals surface area (Å²) < 4.78 is 0. The van der Waals surface area contributed by atoms with E-state index in [4.69, 9.17) is 5.21 Å². The first-order valence-electron chi connectivity index (χ1n) is 3.16. The van der Waals surface area contributed by atoms with Gasteiger partial charge in [-0.05, 0) is 12.7 Å². The molecule has 0 aliphatic carbocycles. The highest BCUT2D eigenvalue weighted by Crippen LogP contribution is 2.10. The molecule has 4 heteroatoms. The molecule has 3 nitrogen and oxygen atoms in total. The fraction of sp³-hybridized carbons (Fsp3) is 0.833. The normalized spacial score (nSPS) is 12.7. The molecule has 0 aromatic rings. The van der Waals surface area contributed by atoms with Crippen LogP contribution in [-0.4, -0.2) is 22.6 Å². The van der Waals surface area contributed by atoms with Crippen LogP contribution >= 0.6 is 11.8 Å². The van der Waals surface area contributed by atoms with Crippen LogP contribution in [0.2, 0.25) is 0 Å². The second-order valence-electron chi connectivity index (χ2n) is 2.12. The number of hydroxylamine groups is 1. The standard InChI is InChI=1S/C6H13NO2S/c1-5(10-2)3-4-6(8)7-9/h5,9H,3-4H2,1-2H3,(H,7,8). The molecule has 0 aliphatic rings. The lowest BCUT2D eigenvalue weighted by atomic mass is 10.2. The number of nitrogens with one attached hydrogen (secondary N) is 1. The molecule has 0 saturated carbocycles. The van der Waals surface area contributed by atoms with Gasteiger partial charge in [0.1, 0.15) is 0 Å². The van der Waals surface area contributed by atoms with Gasteiger partial charge in [-0.1, -0.05) is 6.92 Å². The van der Waals surface area contributed by atoms with Gasteiger partial charge in [0, 0.05) is 11.7 Å². The van der Waals surface area contributed by atoms with Crippen LogP contribution in [0.4, 0.5) is 0 Å². The first-order valence-corrected chi connectivity index (χ1v) is 4.45. The maximum absolute atomic E-state index is 10.5. The van der Waals surface area contributed by atoms with E-state index in [9.17, 15) is 4.79 Å². The Morgan fingerprint density at radius 3 is 2.80 bits per heavy atom. The van der Waals surface area contributed by atoms with Gasteiger partial charge in [0.15, 0.2) is 0 Å². The molecular formula is C6H13NO2S. The average molecular weight is 163 g/mol. The zero-order valence-electron chi connectivity index (χ0n) is 6.26. The Balaban J connectivity index is 3.26. The van der Waals surface area contributed by atoms with Crippen molar-refractivity contribution in [1.82, 2.24) is 5.48 Å². The molecule has 0 bridgehead atoms. The fourth-order valence-electron chi connectivity index (χ4n) is 0.508. The highest BCUT2D eigenvalue weighted by molar-refractivity contribution is 7.99. The molecule has 0 rings (SSSR count). The van der Waals surface area contributed by atoms with Gasteiger partial charge in [-0.3, -0.25) is 10.0 Å². The molecule has 0 fully saturated rings. The van der Waals surface area contributed by atoms with Crippen LogP contribution in [0.25, 0.3) is 0 Å². The SMILES string of the molecule is CSC(C)CCC(=O)NO. The van der Waals surface area contributed by atoms with Gasteiger partial charge in [0.05, 0.1) is 0 Å². The summed E-state index contributed by atoms with van der Waals surface area (Å²) in [6, 6.07) is 0. The molecule has 60 valence electrons. The Morgan fingerprint density at radius 1 is 1.80 bits per heavy atom. The van der Waals surface area contributed by atoms with Crippen molar-refractivity contribution in [1.29, 1.82) is 0 Å². The van der Waals surface area contributed by atoms with Crippen molar-refractivity contribution >= 4 is 17.7 Å². The van der Waals surface area contributed by atoms with E-state index in [1.807, 2.05) is 6.26 Å². The maximum Gasteiger partial charge on any atom is 0.243 e. The van der Waals surface area contributed by atoms with Crippen LogP contribution in [-0.2, 0) is 4.79 Å². The van der Waals surface area contributed by atoms with Crippen LogP contribution in [0.5, 0.6) is 0 Å². The second-order valence-corrected chi connectivity index (χ2v) is 3.40. The number of carbonyl (C=O) groups is 1. The number of hydrogen-bond donors (Lipinski definition) is 2. The van der Waals surface area contributed by atoms with Crippen molar-refractivity contribution in [2.45, 2.75) is 25.0 Å². The fourth-order valence-corrected chi connectivity index (χ4v) is 0.862. The summed E-state index contributed by atoms with van der Waals surface area (Å²) in [5.74, 6) is -0.305. The monoisotopic (exact) mass is 163 g/mol. The minimum atomic E-state index is -0.305. The van der Waals surface area contributed by atoms with E-state index in [1.54, 1.807) is 17.2 Å². The number of amides is 1. The van der Waals surface area contributed by atoms with Crippen LogP contribution in [0, 0.1) is 0 Å². The van der Waals surface area contributed by atoms with Gasteiger partial charge in [0.2, 0.25) is 5.91 Å². The minimum Gasteiger partial charge on any atom is -0.289 e. The molecule has 10 heavy (non-hydrogen) atoms. The van der Waals surface area contributed by atoms with E-state index in [2.05, 4.69) is 6.92 Å². The van der Waals surface area contributed by atoms with Crippen molar-refractivity contribution in [2.75, 3.05) is 6.26 Å². The van der Waals surface area contributed by atoms with Crippen molar-refractivity contribution in [3.63, 3.8) is 0 Å². The molecule has 1 amide bonds. The third-order valence-electron chi connectivity index (χ3n) is 1.30. The Hall–Kier alpha value is -0.220. The van der Waals surface area contributed by atoms with E-state index in [0.29, 0.717) is 11.7 Å². The first kappa shape index (κ1) is 9.78. The summed E-state index contributed by atoms with van der Waals surface area (Å²) in [5, 5.41) is 8.60. The molecule has 0 heterocycles. The van der Waals surface area contributed by atoms with Crippen molar-refractivity contribution in [3.05, 3.63) is 0 Å². The highest BCUT2D eigenvalue weighted by atomic mass is 32.2. The molecule has 0 radical (unpaired) electrons. The Kier molecular flexibility index (Phi) is 5.43. The lowest BCUT2D eigenvalue weighted by Crippen LogP contribution is -2.19. The summed E-state index contributed by atoms with van der Waals surface area (Å²) in [5.41, 5.74) is 1.60. The molecule has 2 N–H and O–H groups in total. The second kappa shape index (κ2) is 5.56. The summed E-state index contributed by atoms with van der Waals surface area (Å²) in [6.45, 7) is 2.05. The zero-order chi connectivity index (χ0) is 7.98. The van der Waals surface area contributed by atoms with E-state index >= 15 is 0 Å². The van der Waals surface area contributed by atoms with Gasteiger partial charge >= 0.3 is 0 Å². The van der Waals surface area contributed by atoms with Crippen LogP contribution in [0.1, 0.15) is 19.8 Å². The Bertz CT molecular complexity index is 108. The number of hydrogen-bond acceptors (Lipinski definition) is 3.